The van der Waals surface area contributed by atoms with E-state index in [1.165, 1.54) is 4.90 Å². The number of rotatable bonds is 6. The zero-order chi connectivity index (χ0) is 21.3. The van der Waals surface area contributed by atoms with Crippen molar-refractivity contribution in [1.29, 1.82) is 0 Å². The summed E-state index contributed by atoms with van der Waals surface area (Å²) in [5.41, 5.74) is 2.02. The average molecular weight is 413 g/mol. The third-order valence-corrected chi connectivity index (χ3v) is 4.96. The van der Waals surface area contributed by atoms with Gasteiger partial charge < -0.3 is 19.5 Å². The monoisotopic (exact) mass is 413 g/mol. The van der Waals surface area contributed by atoms with Gasteiger partial charge in [0.25, 0.3) is 5.89 Å². The van der Waals surface area contributed by atoms with Crippen LogP contribution in [0.4, 0.5) is 5.69 Å². The van der Waals surface area contributed by atoms with Crippen LogP contribution in [0.25, 0.3) is 22.5 Å². The van der Waals surface area contributed by atoms with Crippen molar-refractivity contribution in [2.75, 3.05) is 26.0 Å². The highest BCUT2D eigenvalue weighted by atomic mass is 16.5. The fraction of sp³-hybridized carbons (Fsp3) is 0.474. The largest absolute Gasteiger partial charge is 0.466 e. The Morgan fingerprint density at radius 1 is 1.37 bits per heavy atom. The average Bonchev–Trinajstić information content (AvgIpc) is 3.35. The second kappa shape index (κ2) is 8.09. The fourth-order valence-electron chi connectivity index (χ4n) is 3.31. The zero-order valence-electron chi connectivity index (χ0n) is 17.1. The van der Waals surface area contributed by atoms with E-state index in [0.29, 0.717) is 42.3 Å². The first-order valence-corrected chi connectivity index (χ1v) is 9.76. The molecule has 0 aliphatic carbocycles. The first kappa shape index (κ1) is 19.8. The van der Waals surface area contributed by atoms with Crippen LogP contribution in [0.5, 0.6) is 0 Å². The van der Waals surface area contributed by atoms with Gasteiger partial charge in [-0.2, -0.15) is 10.1 Å². The van der Waals surface area contributed by atoms with Crippen molar-refractivity contribution in [2.24, 2.45) is 0 Å². The van der Waals surface area contributed by atoms with Crippen LogP contribution in [0.15, 0.2) is 16.9 Å². The number of nitrogens with one attached hydrogen (secondary N) is 1. The molecule has 158 valence electrons. The summed E-state index contributed by atoms with van der Waals surface area (Å²) in [5.74, 6) is 0.174. The van der Waals surface area contributed by atoms with E-state index in [1.54, 1.807) is 31.2 Å². The molecule has 0 saturated carbocycles. The lowest BCUT2D eigenvalue weighted by Crippen LogP contribution is -2.31. The number of carbonyl (C=O) groups excluding carboxylic acids is 2. The molecule has 1 N–H and O–H groups in total. The number of anilines is 1. The molecule has 11 heteroatoms. The second-order valence-electron chi connectivity index (χ2n) is 7.28. The molecule has 30 heavy (non-hydrogen) atoms. The standard InChI is InChI=1S/C19H23N7O4/c1-4-26-18-12(10-21-26)17(22-11-5-6-29-16(28)7-11)13(9-20-18)19-23-14(24-30-19)8-15(27)25(2)3/h9-11H,4-8H2,1-3H3,(H,20,22). The van der Waals surface area contributed by atoms with Crippen LogP contribution >= 0.6 is 0 Å². The van der Waals surface area contributed by atoms with Crippen molar-refractivity contribution in [2.45, 2.75) is 38.8 Å². The number of ether oxygens (including phenoxy) is 1. The number of aryl methyl sites for hydroxylation is 1. The molecule has 1 amide bonds. The highest BCUT2D eigenvalue weighted by Crippen LogP contribution is 2.34. The molecule has 3 aromatic rings. The Morgan fingerprint density at radius 2 is 2.20 bits per heavy atom. The number of aromatic nitrogens is 5. The number of esters is 1. The number of likely N-dealkylation sites (N-methyl/N-ethyl adjacent to an activating group) is 1. The van der Waals surface area contributed by atoms with Gasteiger partial charge in [-0.15, -0.1) is 0 Å². The molecule has 1 fully saturated rings. The van der Waals surface area contributed by atoms with Crippen molar-refractivity contribution in [3.8, 4) is 11.5 Å². The molecule has 1 unspecified atom stereocenters. The maximum atomic E-state index is 12.0. The normalized spacial score (nSPS) is 16.5. The third kappa shape index (κ3) is 3.82. The number of carbonyl (C=O) groups is 2. The molecule has 0 radical (unpaired) electrons. The van der Waals surface area contributed by atoms with Gasteiger partial charge in [0.2, 0.25) is 5.91 Å². The van der Waals surface area contributed by atoms with Crippen LogP contribution in [0.2, 0.25) is 0 Å². The molecule has 4 rings (SSSR count). The minimum atomic E-state index is -0.239. The highest BCUT2D eigenvalue weighted by molar-refractivity contribution is 5.96. The van der Waals surface area contributed by atoms with Crippen LogP contribution in [-0.4, -0.2) is 68.4 Å². The summed E-state index contributed by atoms with van der Waals surface area (Å²) in [6, 6.07) is -0.0988. The molecule has 11 nitrogen and oxygen atoms in total. The molecule has 0 bridgehead atoms. The van der Waals surface area contributed by atoms with Crippen LogP contribution in [0.3, 0.4) is 0 Å². The van der Waals surface area contributed by atoms with Crippen LogP contribution in [0, 0.1) is 0 Å². The summed E-state index contributed by atoms with van der Waals surface area (Å²) in [6.45, 7) is 3.02. The summed E-state index contributed by atoms with van der Waals surface area (Å²) in [7, 11) is 3.34. The highest BCUT2D eigenvalue weighted by Gasteiger charge is 2.25. The van der Waals surface area contributed by atoms with E-state index in [9.17, 15) is 9.59 Å². The number of amides is 1. The second-order valence-corrected chi connectivity index (χ2v) is 7.28. The van der Waals surface area contributed by atoms with Gasteiger partial charge in [0.05, 0.1) is 42.3 Å². The minimum Gasteiger partial charge on any atom is -0.466 e. The molecular weight excluding hydrogens is 390 g/mol. The molecule has 1 atom stereocenters. The zero-order valence-corrected chi connectivity index (χ0v) is 17.1. The number of hydrogen-bond acceptors (Lipinski definition) is 9. The van der Waals surface area contributed by atoms with Gasteiger partial charge in [-0.1, -0.05) is 5.16 Å². The third-order valence-electron chi connectivity index (χ3n) is 4.96. The van der Waals surface area contributed by atoms with Gasteiger partial charge >= 0.3 is 5.97 Å². The van der Waals surface area contributed by atoms with Crippen LogP contribution in [0.1, 0.15) is 25.6 Å². The van der Waals surface area contributed by atoms with Gasteiger partial charge in [0.1, 0.15) is 0 Å². The van der Waals surface area contributed by atoms with Crippen molar-refractivity contribution in [3.63, 3.8) is 0 Å². The Hall–Kier alpha value is -3.50. The minimum absolute atomic E-state index is 0.0389. The maximum Gasteiger partial charge on any atom is 0.307 e. The summed E-state index contributed by atoms with van der Waals surface area (Å²) in [6.07, 6.45) is 4.36. The Bertz CT molecular complexity index is 1090. The summed E-state index contributed by atoms with van der Waals surface area (Å²) >= 11 is 0. The number of cyclic esters (lactones) is 1. The predicted molar refractivity (Wildman–Crippen MR) is 106 cm³/mol. The molecule has 1 saturated heterocycles. The van der Waals surface area contributed by atoms with Crippen LogP contribution < -0.4 is 5.32 Å². The molecule has 1 aliphatic heterocycles. The lowest BCUT2D eigenvalue weighted by molar-refractivity contribution is -0.147. The number of nitrogens with zero attached hydrogens (tertiary/aromatic N) is 6. The lowest BCUT2D eigenvalue weighted by atomic mass is 10.1. The van der Waals surface area contributed by atoms with Crippen molar-refractivity contribution >= 4 is 28.6 Å². The van der Waals surface area contributed by atoms with E-state index >= 15 is 0 Å². The maximum absolute atomic E-state index is 12.0. The number of pyridine rings is 1. The van der Waals surface area contributed by atoms with E-state index < -0.39 is 0 Å². The Morgan fingerprint density at radius 3 is 2.93 bits per heavy atom. The van der Waals surface area contributed by atoms with E-state index in [-0.39, 0.29) is 36.7 Å². The quantitative estimate of drug-likeness (QED) is 0.594. The molecule has 0 spiro atoms. The van der Waals surface area contributed by atoms with Gasteiger partial charge in [0, 0.05) is 39.3 Å². The van der Waals surface area contributed by atoms with E-state index in [0.717, 1.165) is 5.39 Å². The molecule has 1 aliphatic rings. The summed E-state index contributed by atoms with van der Waals surface area (Å²) in [5, 5.41) is 12.5. The van der Waals surface area contributed by atoms with Gasteiger partial charge in [0.15, 0.2) is 11.5 Å². The van der Waals surface area contributed by atoms with Gasteiger partial charge in [-0.3, -0.25) is 9.59 Å². The Balaban J connectivity index is 1.73. The summed E-state index contributed by atoms with van der Waals surface area (Å²) < 4.78 is 12.3. The SMILES string of the molecule is CCn1ncc2c(NC3CCOC(=O)C3)c(-c3nc(CC(=O)N(C)C)no3)cnc21. The van der Waals surface area contributed by atoms with Gasteiger partial charge in [-0.05, 0) is 6.92 Å². The van der Waals surface area contributed by atoms with Crippen molar-refractivity contribution in [3.05, 3.63) is 18.2 Å². The number of fused-ring (bicyclic) bond motifs is 1. The summed E-state index contributed by atoms with van der Waals surface area (Å²) in [4.78, 5) is 34.1. The van der Waals surface area contributed by atoms with E-state index in [2.05, 4.69) is 25.5 Å². The van der Waals surface area contributed by atoms with Crippen molar-refractivity contribution < 1.29 is 18.8 Å². The molecular formula is C19H23N7O4. The topological polar surface area (TPSA) is 128 Å². The van der Waals surface area contributed by atoms with Crippen LogP contribution in [-0.2, 0) is 27.3 Å². The fourth-order valence-corrected chi connectivity index (χ4v) is 3.31. The smallest absolute Gasteiger partial charge is 0.307 e. The van der Waals surface area contributed by atoms with Crippen molar-refractivity contribution in [1.82, 2.24) is 29.8 Å². The predicted octanol–water partition coefficient (Wildman–Crippen LogP) is 1.25. The first-order chi connectivity index (χ1) is 14.5. The Kier molecular flexibility index (Phi) is 5.34. The lowest BCUT2D eigenvalue weighted by Gasteiger charge is -2.24. The molecule has 3 aromatic heterocycles. The van der Waals surface area contributed by atoms with E-state index in [1.807, 2.05) is 6.92 Å². The molecule has 4 heterocycles. The Labute approximate surface area is 172 Å². The molecule has 0 aromatic carbocycles. The van der Waals surface area contributed by atoms with E-state index in [4.69, 9.17) is 9.26 Å². The van der Waals surface area contributed by atoms with Gasteiger partial charge in [-0.25, -0.2) is 9.67 Å². The number of hydrogen-bond donors (Lipinski definition) is 1. The first-order valence-electron chi connectivity index (χ1n) is 9.76.